The average molecular weight is 1200 g/mol. The van der Waals surface area contributed by atoms with E-state index in [4.69, 9.17) is 0 Å². The second-order valence-corrected chi connectivity index (χ2v) is 26.3. The standard InChI is InChI=1S/C62H113N11O12/c1-25-27-28-40(15)52(75)51-56(79)65-43(26-2)58(81)67(18)33-48(74)68(19)44(29-34(3)4)55(78)66-49(38(11)12)61(84)69(20)45(30-35(5)6)54(77)63-41(16)53(76)64-42(17)57(80)70(21)46(31-36(7)8)59(82)71(22)47(32-37(9)10)60(83)72(23)50(39(13)14)62(85)73(51)24/h25,27,34-47,49-52,61,75,84H,26,28-33H2,1-24H3,(H,63,77)(H,64,76)(H,65,79)(H,66,78)/b27-25+/t40-,41+,42-,43+,44+,45+,46+,47?,49+,50+,51+,52-,61?/m1/s1. The van der Waals surface area contributed by atoms with Gasteiger partial charge in [-0.25, -0.2) is 0 Å². The number of carbonyl (C=O) groups excluding carboxylic acids is 10. The molecule has 0 bridgehead atoms. The van der Waals surface area contributed by atoms with Crippen LogP contribution in [0.15, 0.2) is 12.2 Å². The molecule has 0 spiro atoms. The Hall–Kier alpha value is -5.68. The maximum atomic E-state index is 15.1. The van der Waals surface area contributed by atoms with E-state index in [1.807, 2.05) is 61.5 Å². The number of rotatable bonds is 15. The van der Waals surface area contributed by atoms with E-state index in [1.165, 1.54) is 87.7 Å². The van der Waals surface area contributed by atoms with E-state index < -0.39 is 156 Å². The van der Waals surface area contributed by atoms with Crippen LogP contribution in [0.4, 0.5) is 0 Å². The minimum Gasteiger partial charge on any atom is -0.390 e. The summed E-state index contributed by atoms with van der Waals surface area (Å²) in [5.74, 6) is -8.70. The van der Waals surface area contributed by atoms with Crippen LogP contribution >= 0.6 is 0 Å². The lowest BCUT2D eigenvalue weighted by Crippen LogP contribution is -2.63. The number of carbonyl (C=O) groups is 10. The third-order valence-electron chi connectivity index (χ3n) is 16.3. The summed E-state index contributed by atoms with van der Waals surface area (Å²) in [4.78, 5) is 154. The molecule has 6 N–H and O–H groups in total. The largest absolute Gasteiger partial charge is 0.390 e. The Labute approximate surface area is 509 Å². The van der Waals surface area contributed by atoms with Gasteiger partial charge in [-0.1, -0.05) is 109 Å². The first-order valence-corrected chi connectivity index (χ1v) is 30.7. The summed E-state index contributed by atoms with van der Waals surface area (Å²) in [6.07, 6.45) is 1.70. The highest BCUT2D eigenvalue weighted by molar-refractivity contribution is 5.98. The minimum absolute atomic E-state index is 0.0311. The predicted molar refractivity (Wildman–Crippen MR) is 329 cm³/mol. The van der Waals surface area contributed by atoms with Crippen molar-refractivity contribution < 1.29 is 58.2 Å². The van der Waals surface area contributed by atoms with Crippen LogP contribution in [0.1, 0.15) is 156 Å². The smallest absolute Gasteiger partial charge is 0.246 e. The van der Waals surface area contributed by atoms with Gasteiger partial charge in [-0.05, 0) is 108 Å². The number of aliphatic hydroxyl groups is 2. The van der Waals surface area contributed by atoms with E-state index in [0.717, 1.165) is 9.80 Å². The van der Waals surface area contributed by atoms with Gasteiger partial charge in [-0.15, -0.1) is 0 Å². The third-order valence-corrected chi connectivity index (χ3v) is 16.3. The van der Waals surface area contributed by atoms with E-state index in [2.05, 4.69) is 21.3 Å². The van der Waals surface area contributed by atoms with Gasteiger partial charge in [-0.3, -0.25) is 52.8 Å². The molecule has 0 aromatic rings. The Bertz CT molecular complexity index is 2280. The van der Waals surface area contributed by atoms with E-state index in [9.17, 15) is 48.6 Å². The first-order valence-electron chi connectivity index (χ1n) is 30.7. The van der Waals surface area contributed by atoms with E-state index >= 15 is 9.59 Å². The van der Waals surface area contributed by atoms with Crippen LogP contribution in [0.2, 0.25) is 0 Å². The zero-order valence-corrected chi connectivity index (χ0v) is 56.2. The summed E-state index contributed by atoms with van der Waals surface area (Å²) in [5, 5.41) is 35.3. The molecule has 0 aromatic heterocycles. The van der Waals surface area contributed by atoms with Gasteiger partial charge in [-0.2, -0.15) is 0 Å². The number of nitrogens with one attached hydrogen (secondary N) is 4. The molecule has 10 amide bonds. The summed E-state index contributed by atoms with van der Waals surface area (Å²) < 4.78 is 0. The Morgan fingerprint density at radius 3 is 1.39 bits per heavy atom. The number of aliphatic hydroxyl groups excluding tert-OH is 2. The third kappa shape index (κ3) is 21.9. The molecule has 0 aromatic carbocycles. The summed E-state index contributed by atoms with van der Waals surface area (Å²) in [6, 6.07) is -11.9. The molecule has 1 rings (SSSR count). The van der Waals surface area contributed by atoms with Crippen molar-refractivity contribution >= 4 is 59.1 Å². The van der Waals surface area contributed by atoms with Crippen molar-refractivity contribution in [3.63, 3.8) is 0 Å². The van der Waals surface area contributed by atoms with Crippen molar-refractivity contribution in [2.45, 2.75) is 229 Å². The summed E-state index contributed by atoms with van der Waals surface area (Å²) in [5.41, 5.74) is 0. The van der Waals surface area contributed by atoms with E-state index in [0.29, 0.717) is 6.42 Å². The summed E-state index contributed by atoms with van der Waals surface area (Å²) in [7, 11) is 10.1. The molecule has 23 nitrogen and oxygen atoms in total. The Morgan fingerprint density at radius 1 is 0.494 bits per heavy atom. The molecule has 1 aliphatic rings. The summed E-state index contributed by atoms with van der Waals surface area (Å²) in [6.45, 7) is 29.6. The van der Waals surface area contributed by atoms with Gasteiger partial charge in [0.25, 0.3) is 0 Å². The maximum absolute atomic E-state index is 15.1. The predicted octanol–water partition coefficient (Wildman–Crippen LogP) is 3.06. The average Bonchev–Trinajstić information content (AvgIpc) is 3.62. The van der Waals surface area contributed by atoms with Crippen molar-refractivity contribution in [3.8, 4) is 0 Å². The molecule has 85 heavy (non-hydrogen) atoms. The molecule has 0 radical (unpaired) electrons. The molecular formula is C62H113N11O12. The van der Waals surface area contributed by atoms with Crippen LogP contribution in [0.25, 0.3) is 0 Å². The van der Waals surface area contributed by atoms with Crippen molar-refractivity contribution in [3.05, 3.63) is 12.2 Å². The molecule has 1 heterocycles. The van der Waals surface area contributed by atoms with Crippen molar-refractivity contribution in [2.75, 3.05) is 55.9 Å². The molecule has 0 saturated carbocycles. The highest BCUT2D eigenvalue weighted by Crippen LogP contribution is 2.26. The molecule has 1 saturated heterocycles. The Morgan fingerprint density at radius 2 is 0.929 bits per heavy atom. The molecule has 488 valence electrons. The van der Waals surface area contributed by atoms with Crippen LogP contribution in [-0.4, -0.2) is 232 Å². The fraction of sp³-hybridized carbons (Fsp3) is 0.806. The first-order chi connectivity index (χ1) is 39.2. The van der Waals surface area contributed by atoms with Crippen LogP contribution in [0.5, 0.6) is 0 Å². The molecule has 1 aliphatic heterocycles. The minimum atomic E-state index is -1.60. The van der Waals surface area contributed by atoms with Gasteiger partial charge in [0.05, 0.1) is 24.7 Å². The van der Waals surface area contributed by atoms with Gasteiger partial charge in [0, 0.05) is 42.3 Å². The van der Waals surface area contributed by atoms with Crippen molar-refractivity contribution in [2.24, 2.45) is 41.4 Å². The molecular weight excluding hydrogens is 1090 g/mol. The van der Waals surface area contributed by atoms with Crippen LogP contribution in [-0.2, 0) is 47.9 Å². The number of hydrogen-bond acceptors (Lipinski definition) is 13. The van der Waals surface area contributed by atoms with Gasteiger partial charge >= 0.3 is 0 Å². The number of hydrogen-bond donors (Lipinski definition) is 6. The maximum Gasteiger partial charge on any atom is 0.246 e. The molecule has 13 atom stereocenters. The fourth-order valence-electron chi connectivity index (χ4n) is 10.8. The summed E-state index contributed by atoms with van der Waals surface area (Å²) >= 11 is 0. The lowest BCUT2D eigenvalue weighted by molar-refractivity contribution is -0.157. The molecule has 2 unspecified atom stereocenters. The van der Waals surface area contributed by atoms with Gasteiger partial charge in [0.2, 0.25) is 59.1 Å². The van der Waals surface area contributed by atoms with Crippen LogP contribution < -0.4 is 21.3 Å². The van der Waals surface area contributed by atoms with Gasteiger partial charge in [0.1, 0.15) is 54.6 Å². The second-order valence-electron chi connectivity index (χ2n) is 26.3. The lowest BCUT2D eigenvalue weighted by Gasteiger charge is -2.41. The zero-order chi connectivity index (χ0) is 66.0. The van der Waals surface area contributed by atoms with Gasteiger partial charge < -0.3 is 60.9 Å². The van der Waals surface area contributed by atoms with Crippen LogP contribution in [0, 0.1) is 41.4 Å². The molecule has 0 aliphatic carbocycles. The van der Waals surface area contributed by atoms with Crippen molar-refractivity contribution in [1.29, 1.82) is 0 Å². The number of allylic oxidation sites excluding steroid dienone is 2. The monoisotopic (exact) mass is 1200 g/mol. The first kappa shape index (κ1) is 77.3. The normalized spacial score (nSPS) is 28.0. The second kappa shape index (κ2) is 35.2. The highest BCUT2D eigenvalue weighted by Gasteiger charge is 2.46. The topological polar surface area (TPSA) is 282 Å². The quantitative estimate of drug-likeness (QED) is 0.129. The van der Waals surface area contributed by atoms with Gasteiger partial charge in [0.15, 0.2) is 0 Å². The number of nitrogens with zero attached hydrogens (tertiary/aromatic N) is 7. The van der Waals surface area contributed by atoms with Crippen LogP contribution in [0.3, 0.4) is 0 Å². The Kier molecular flexibility index (Phi) is 32.0. The number of amides is 10. The van der Waals surface area contributed by atoms with E-state index in [1.54, 1.807) is 54.5 Å². The highest BCUT2D eigenvalue weighted by atomic mass is 16.3. The Balaban J connectivity index is 4.32. The molecule has 23 heteroatoms. The fourth-order valence-corrected chi connectivity index (χ4v) is 10.8. The number of likely N-dealkylation sites (N-methyl/N-ethyl adjacent to an activating group) is 7. The lowest BCUT2D eigenvalue weighted by atomic mass is 9.91. The SMILES string of the molecule is C/C=C/C[C@@H](C)[C@@H](O)[C@H]1C(=O)N[C@@H](CC)C(=O)N(C)CC(=O)N(C)[C@@H](CC(C)C)C(=O)N[C@@H](C(C)C)C(O)N(C)[C@@H](CC(C)C)C(=O)N[C@@H](C)C(=O)N[C@H](C)C(=O)N(C)[C@@H](CC(C)C)C(=O)N(C)C(CC(C)C)C(=O)N(C)[C@@H](C(C)C)C(=O)N1C. The van der Waals surface area contributed by atoms with E-state index in [-0.39, 0.29) is 55.8 Å². The molecule has 1 fully saturated rings. The zero-order valence-electron chi connectivity index (χ0n) is 56.2. The van der Waals surface area contributed by atoms with Crippen molar-refractivity contribution in [1.82, 2.24) is 55.6 Å².